The third kappa shape index (κ3) is 4.74. The van der Waals surface area contributed by atoms with Crippen LogP contribution in [0.5, 0.6) is 0 Å². The first-order valence-corrected chi connectivity index (χ1v) is 9.87. The summed E-state index contributed by atoms with van der Waals surface area (Å²) in [5, 5.41) is 7.45. The molecule has 0 aliphatic heterocycles. The molecule has 0 saturated heterocycles. The number of anilines is 1. The minimum absolute atomic E-state index is 0.184. The van der Waals surface area contributed by atoms with E-state index in [1.807, 2.05) is 48.5 Å². The van der Waals surface area contributed by atoms with Gasteiger partial charge in [0.2, 0.25) is 5.91 Å². The summed E-state index contributed by atoms with van der Waals surface area (Å²) in [7, 11) is 0. The summed E-state index contributed by atoms with van der Waals surface area (Å²) in [4.78, 5) is 16.6. The fourth-order valence-electron chi connectivity index (χ4n) is 2.88. The highest BCUT2D eigenvalue weighted by molar-refractivity contribution is 7.80. The van der Waals surface area contributed by atoms with Gasteiger partial charge in [-0.05, 0) is 66.8 Å². The van der Waals surface area contributed by atoms with E-state index >= 15 is 0 Å². The fourth-order valence-corrected chi connectivity index (χ4v) is 3.22. The van der Waals surface area contributed by atoms with Gasteiger partial charge in [-0.3, -0.25) is 15.1 Å². The molecule has 4 rings (SSSR count). The van der Waals surface area contributed by atoms with Gasteiger partial charge in [-0.15, -0.1) is 0 Å². The van der Waals surface area contributed by atoms with Crippen LogP contribution >= 0.6 is 23.8 Å². The number of fused-ring (bicyclic) bond motifs is 1. The van der Waals surface area contributed by atoms with E-state index in [4.69, 9.17) is 28.2 Å². The Morgan fingerprint density at radius 1 is 1.03 bits per heavy atom. The van der Waals surface area contributed by atoms with Crippen LogP contribution in [0.25, 0.3) is 28.3 Å². The summed E-state index contributed by atoms with van der Waals surface area (Å²) in [6.07, 6.45) is 4.65. The monoisotopic (exact) mass is 433 g/mol. The predicted octanol–water partition coefficient (Wildman–Crippen LogP) is 5.67. The van der Waals surface area contributed by atoms with E-state index < -0.39 is 0 Å². The molecule has 0 atom stereocenters. The maximum Gasteiger partial charge on any atom is 0.250 e. The first-order chi connectivity index (χ1) is 14.6. The third-order valence-corrected chi connectivity index (χ3v) is 4.73. The van der Waals surface area contributed by atoms with Crippen molar-refractivity contribution in [1.29, 1.82) is 0 Å². The quantitative estimate of drug-likeness (QED) is 0.320. The molecule has 0 aliphatic rings. The molecule has 2 aromatic carbocycles. The average Bonchev–Trinajstić information content (AvgIpc) is 3.22. The van der Waals surface area contributed by atoms with Gasteiger partial charge in [0.25, 0.3) is 0 Å². The van der Waals surface area contributed by atoms with Crippen molar-refractivity contribution in [3.05, 3.63) is 89.8 Å². The van der Waals surface area contributed by atoms with E-state index in [1.54, 1.807) is 30.5 Å². The fraction of sp³-hybridized carbons (Fsp3) is 0. The number of furan rings is 1. The van der Waals surface area contributed by atoms with Gasteiger partial charge in [0.1, 0.15) is 11.5 Å². The molecule has 4 aromatic rings. The number of aromatic nitrogens is 1. The van der Waals surface area contributed by atoms with E-state index in [9.17, 15) is 4.79 Å². The summed E-state index contributed by atoms with van der Waals surface area (Å²) >= 11 is 11.2. The zero-order chi connectivity index (χ0) is 20.9. The first kappa shape index (κ1) is 19.8. The number of para-hydroxylation sites is 1. The lowest BCUT2D eigenvalue weighted by Gasteiger charge is -2.10. The largest absolute Gasteiger partial charge is 0.457 e. The molecule has 0 aliphatic carbocycles. The van der Waals surface area contributed by atoms with Crippen molar-refractivity contribution in [2.75, 3.05) is 5.32 Å². The molecule has 0 bridgehead atoms. The molecule has 2 heterocycles. The lowest BCUT2D eigenvalue weighted by molar-refractivity contribution is -0.115. The second-order valence-corrected chi connectivity index (χ2v) is 7.21. The number of pyridine rings is 1. The van der Waals surface area contributed by atoms with Gasteiger partial charge in [-0.25, -0.2) is 0 Å². The maximum absolute atomic E-state index is 12.2. The molecule has 0 saturated carbocycles. The molecule has 0 unspecified atom stereocenters. The highest BCUT2D eigenvalue weighted by atomic mass is 35.5. The SMILES string of the molecule is O=C(C=Cc1ccc(-c2ccc(Cl)cc2)o1)NC(=S)Nc1cccc2cccnc12. The van der Waals surface area contributed by atoms with Crippen molar-refractivity contribution in [3.63, 3.8) is 0 Å². The van der Waals surface area contributed by atoms with Crippen LogP contribution in [0.15, 0.2) is 83.4 Å². The number of thiocarbonyl (C=S) groups is 1. The normalized spacial score (nSPS) is 11.0. The number of nitrogens with zero attached hydrogens (tertiary/aromatic N) is 1. The number of carbonyl (C=O) groups is 1. The van der Waals surface area contributed by atoms with Crippen molar-refractivity contribution in [2.45, 2.75) is 0 Å². The van der Waals surface area contributed by atoms with Crippen LogP contribution in [0.4, 0.5) is 5.69 Å². The summed E-state index contributed by atoms with van der Waals surface area (Å²) in [6, 6.07) is 20.5. The second kappa shape index (κ2) is 8.90. The van der Waals surface area contributed by atoms with Crippen LogP contribution in [0.2, 0.25) is 5.02 Å². The molecule has 7 heteroatoms. The molecule has 2 N–H and O–H groups in total. The topological polar surface area (TPSA) is 67.2 Å². The Kier molecular flexibility index (Phi) is 5.88. The zero-order valence-corrected chi connectivity index (χ0v) is 17.2. The Balaban J connectivity index is 1.38. The lowest BCUT2D eigenvalue weighted by atomic mass is 10.2. The minimum atomic E-state index is -0.370. The highest BCUT2D eigenvalue weighted by Gasteiger charge is 2.07. The Morgan fingerprint density at radius 2 is 1.83 bits per heavy atom. The summed E-state index contributed by atoms with van der Waals surface area (Å²) in [5.41, 5.74) is 2.40. The number of amides is 1. The molecule has 1 amide bonds. The van der Waals surface area contributed by atoms with E-state index in [1.165, 1.54) is 6.08 Å². The Morgan fingerprint density at radius 3 is 2.67 bits per heavy atom. The zero-order valence-electron chi connectivity index (χ0n) is 15.6. The van der Waals surface area contributed by atoms with E-state index in [0.717, 1.165) is 22.2 Å². The lowest BCUT2D eigenvalue weighted by Crippen LogP contribution is -2.32. The van der Waals surface area contributed by atoms with Gasteiger partial charge < -0.3 is 9.73 Å². The van der Waals surface area contributed by atoms with E-state index in [0.29, 0.717) is 16.5 Å². The molecular formula is C23H16ClN3O2S. The molecule has 0 fully saturated rings. The van der Waals surface area contributed by atoms with Crippen LogP contribution in [-0.4, -0.2) is 16.0 Å². The van der Waals surface area contributed by atoms with E-state index in [-0.39, 0.29) is 11.0 Å². The minimum Gasteiger partial charge on any atom is -0.457 e. The van der Waals surface area contributed by atoms with Crippen LogP contribution in [0.3, 0.4) is 0 Å². The molecular weight excluding hydrogens is 418 g/mol. The van der Waals surface area contributed by atoms with Crippen molar-refractivity contribution >= 4 is 57.5 Å². The number of halogens is 1. The standard InChI is InChI=1S/C23H16ClN3O2S/c24-17-8-6-15(7-9-17)20-12-10-18(29-20)11-13-21(28)27-23(30)26-19-5-1-3-16-4-2-14-25-22(16)19/h1-14H,(H2,26,27,28,30). The van der Waals surface area contributed by atoms with Crippen LogP contribution in [0.1, 0.15) is 5.76 Å². The van der Waals surface area contributed by atoms with Gasteiger partial charge in [0.05, 0.1) is 11.2 Å². The number of nitrogens with one attached hydrogen (secondary N) is 2. The van der Waals surface area contributed by atoms with Gasteiger partial charge in [-0.2, -0.15) is 0 Å². The third-order valence-electron chi connectivity index (χ3n) is 4.27. The average molecular weight is 434 g/mol. The molecule has 30 heavy (non-hydrogen) atoms. The second-order valence-electron chi connectivity index (χ2n) is 6.37. The molecule has 0 spiro atoms. The van der Waals surface area contributed by atoms with Crippen molar-refractivity contribution in [1.82, 2.24) is 10.3 Å². The van der Waals surface area contributed by atoms with Gasteiger partial charge >= 0.3 is 0 Å². The molecule has 5 nitrogen and oxygen atoms in total. The number of hydrogen-bond donors (Lipinski definition) is 2. The molecule has 0 radical (unpaired) electrons. The maximum atomic E-state index is 12.2. The predicted molar refractivity (Wildman–Crippen MR) is 124 cm³/mol. The number of carbonyl (C=O) groups excluding carboxylic acids is 1. The highest BCUT2D eigenvalue weighted by Crippen LogP contribution is 2.24. The smallest absolute Gasteiger partial charge is 0.250 e. The van der Waals surface area contributed by atoms with Gasteiger partial charge in [0, 0.05) is 28.2 Å². The van der Waals surface area contributed by atoms with Crippen molar-refractivity contribution < 1.29 is 9.21 Å². The van der Waals surface area contributed by atoms with Gasteiger partial charge in [-0.1, -0.05) is 29.8 Å². The van der Waals surface area contributed by atoms with Crippen LogP contribution in [0, 0.1) is 0 Å². The Hall–Kier alpha value is -3.48. The number of benzene rings is 2. The van der Waals surface area contributed by atoms with Crippen molar-refractivity contribution in [3.8, 4) is 11.3 Å². The summed E-state index contributed by atoms with van der Waals surface area (Å²) in [5.74, 6) is 0.865. The Labute approximate surface area is 183 Å². The van der Waals surface area contributed by atoms with Gasteiger partial charge in [0.15, 0.2) is 5.11 Å². The number of hydrogen-bond acceptors (Lipinski definition) is 4. The van der Waals surface area contributed by atoms with Crippen LogP contribution in [-0.2, 0) is 4.79 Å². The Bertz CT molecular complexity index is 1240. The number of rotatable bonds is 4. The van der Waals surface area contributed by atoms with Crippen molar-refractivity contribution in [2.24, 2.45) is 0 Å². The summed E-state index contributed by atoms with van der Waals surface area (Å²) in [6.45, 7) is 0. The van der Waals surface area contributed by atoms with E-state index in [2.05, 4.69) is 15.6 Å². The summed E-state index contributed by atoms with van der Waals surface area (Å²) < 4.78 is 5.74. The molecule has 148 valence electrons. The first-order valence-electron chi connectivity index (χ1n) is 9.08. The van der Waals surface area contributed by atoms with Crippen LogP contribution < -0.4 is 10.6 Å². The molecule has 2 aromatic heterocycles.